The first-order valence-electron chi connectivity index (χ1n) is 5.44. The van der Waals surface area contributed by atoms with E-state index in [-0.39, 0.29) is 5.56 Å². The fraction of sp³-hybridized carbons (Fsp3) is 0.545. The van der Waals surface area contributed by atoms with Gasteiger partial charge in [0.25, 0.3) is 5.56 Å². The van der Waals surface area contributed by atoms with Crippen LogP contribution in [0.25, 0.3) is 0 Å². The molecule has 0 aromatic carbocycles. The van der Waals surface area contributed by atoms with E-state index in [1.165, 1.54) is 25.9 Å². The standard InChI is InChI=1S/C11H14Br2N2O/c12-9-7-10(13)11(16)15(8-9)6-5-14-3-1-2-4-14/h7-8H,1-6H2. The third-order valence-electron chi connectivity index (χ3n) is 2.86. The second-order valence-corrected chi connectivity index (χ2v) is 5.82. The van der Waals surface area contributed by atoms with E-state index in [9.17, 15) is 4.79 Å². The lowest BCUT2D eigenvalue weighted by atomic mass is 10.4. The Hall–Kier alpha value is -0.130. The van der Waals surface area contributed by atoms with E-state index >= 15 is 0 Å². The van der Waals surface area contributed by atoms with E-state index in [0.717, 1.165) is 17.6 Å². The molecular formula is C11H14Br2N2O. The van der Waals surface area contributed by atoms with Gasteiger partial charge in [-0.1, -0.05) is 0 Å². The Kier molecular flexibility index (Phi) is 4.21. The smallest absolute Gasteiger partial charge is 0.264 e. The van der Waals surface area contributed by atoms with Crippen LogP contribution in [0.15, 0.2) is 26.0 Å². The predicted octanol–water partition coefficient (Wildman–Crippen LogP) is 2.47. The summed E-state index contributed by atoms with van der Waals surface area (Å²) in [5, 5.41) is 0. The lowest BCUT2D eigenvalue weighted by molar-refractivity contribution is 0.320. The van der Waals surface area contributed by atoms with Gasteiger partial charge in [0.2, 0.25) is 0 Å². The summed E-state index contributed by atoms with van der Waals surface area (Å²) >= 11 is 6.67. The molecule has 1 aliphatic heterocycles. The highest BCUT2D eigenvalue weighted by Gasteiger charge is 2.11. The number of likely N-dealkylation sites (tertiary alicyclic amines) is 1. The molecule has 0 atom stereocenters. The summed E-state index contributed by atoms with van der Waals surface area (Å²) in [6.45, 7) is 4.06. The van der Waals surface area contributed by atoms with E-state index in [1.54, 1.807) is 10.6 Å². The van der Waals surface area contributed by atoms with Crippen molar-refractivity contribution in [2.24, 2.45) is 0 Å². The Balaban J connectivity index is 2.05. The first-order valence-corrected chi connectivity index (χ1v) is 7.03. The minimum Gasteiger partial charge on any atom is -0.312 e. The van der Waals surface area contributed by atoms with Crippen LogP contribution in [0.1, 0.15) is 12.8 Å². The van der Waals surface area contributed by atoms with Crippen LogP contribution in [0.2, 0.25) is 0 Å². The summed E-state index contributed by atoms with van der Waals surface area (Å²) in [6, 6.07) is 1.79. The fourth-order valence-corrected chi connectivity index (χ4v) is 3.24. The normalized spacial score (nSPS) is 16.9. The molecule has 2 rings (SSSR count). The van der Waals surface area contributed by atoms with Gasteiger partial charge >= 0.3 is 0 Å². The molecule has 88 valence electrons. The molecule has 1 aliphatic rings. The van der Waals surface area contributed by atoms with Crippen LogP contribution >= 0.6 is 31.9 Å². The zero-order valence-electron chi connectivity index (χ0n) is 8.96. The molecule has 3 nitrogen and oxygen atoms in total. The van der Waals surface area contributed by atoms with Crippen LogP contribution in [0.5, 0.6) is 0 Å². The largest absolute Gasteiger partial charge is 0.312 e. The highest BCUT2D eigenvalue weighted by Crippen LogP contribution is 2.13. The highest BCUT2D eigenvalue weighted by molar-refractivity contribution is 9.11. The summed E-state index contributed by atoms with van der Waals surface area (Å²) in [7, 11) is 0. The van der Waals surface area contributed by atoms with Gasteiger partial charge < -0.3 is 9.47 Å². The summed E-state index contributed by atoms with van der Waals surface area (Å²) in [4.78, 5) is 14.2. The predicted molar refractivity (Wildman–Crippen MR) is 71.8 cm³/mol. The molecule has 1 fully saturated rings. The average molecular weight is 350 g/mol. The van der Waals surface area contributed by atoms with Crippen molar-refractivity contribution < 1.29 is 0 Å². The van der Waals surface area contributed by atoms with Crippen molar-refractivity contribution in [3.8, 4) is 0 Å². The maximum atomic E-state index is 11.8. The van der Waals surface area contributed by atoms with Gasteiger partial charge in [-0.25, -0.2) is 0 Å². The van der Waals surface area contributed by atoms with Crippen LogP contribution in [0.4, 0.5) is 0 Å². The number of pyridine rings is 1. The Morgan fingerprint density at radius 3 is 2.56 bits per heavy atom. The van der Waals surface area contributed by atoms with E-state index < -0.39 is 0 Å². The van der Waals surface area contributed by atoms with Crippen molar-refractivity contribution >= 4 is 31.9 Å². The van der Waals surface area contributed by atoms with Gasteiger partial charge in [0.1, 0.15) is 0 Å². The zero-order chi connectivity index (χ0) is 11.5. The summed E-state index contributed by atoms with van der Waals surface area (Å²) in [5.74, 6) is 0. The zero-order valence-corrected chi connectivity index (χ0v) is 12.1. The maximum Gasteiger partial charge on any atom is 0.264 e. The summed E-state index contributed by atoms with van der Waals surface area (Å²) in [6.07, 6.45) is 4.43. The molecule has 0 saturated carbocycles. The van der Waals surface area contributed by atoms with Gasteiger partial charge in [0, 0.05) is 23.8 Å². The third kappa shape index (κ3) is 2.96. The summed E-state index contributed by atoms with van der Waals surface area (Å²) in [5.41, 5.74) is 0.0439. The Morgan fingerprint density at radius 2 is 1.88 bits per heavy atom. The molecule has 0 aliphatic carbocycles. The highest BCUT2D eigenvalue weighted by atomic mass is 79.9. The first kappa shape index (κ1) is 12.3. The van der Waals surface area contributed by atoms with Gasteiger partial charge in [-0.05, 0) is 63.9 Å². The van der Waals surface area contributed by atoms with Crippen molar-refractivity contribution in [2.75, 3.05) is 19.6 Å². The van der Waals surface area contributed by atoms with Crippen LogP contribution < -0.4 is 5.56 Å². The monoisotopic (exact) mass is 348 g/mol. The van der Waals surface area contributed by atoms with Crippen molar-refractivity contribution in [3.63, 3.8) is 0 Å². The average Bonchev–Trinajstić information content (AvgIpc) is 2.74. The van der Waals surface area contributed by atoms with Crippen LogP contribution in [0.3, 0.4) is 0 Å². The van der Waals surface area contributed by atoms with Crippen molar-refractivity contribution in [1.82, 2.24) is 9.47 Å². The molecule has 0 bridgehead atoms. The molecule has 0 amide bonds. The SMILES string of the molecule is O=c1c(Br)cc(Br)cn1CCN1CCCC1. The molecule has 0 N–H and O–H groups in total. The van der Waals surface area contributed by atoms with Gasteiger partial charge in [-0.3, -0.25) is 4.79 Å². The van der Waals surface area contributed by atoms with Crippen molar-refractivity contribution in [1.29, 1.82) is 0 Å². The molecule has 2 heterocycles. The van der Waals surface area contributed by atoms with Gasteiger partial charge in [0.05, 0.1) is 4.47 Å². The molecule has 0 spiro atoms. The van der Waals surface area contributed by atoms with Crippen molar-refractivity contribution in [3.05, 3.63) is 31.6 Å². The molecular weight excluding hydrogens is 336 g/mol. The van der Waals surface area contributed by atoms with Crippen LogP contribution in [-0.4, -0.2) is 29.1 Å². The molecule has 16 heavy (non-hydrogen) atoms. The lowest BCUT2D eigenvalue weighted by Gasteiger charge is -2.15. The topological polar surface area (TPSA) is 25.2 Å². The van der Waals surface area contributed by atoms with Gasteiger partial charge in [-0.2, -0.15) is 0 Å². The number of hydrogen-bond acceptors (Lipinski definition) is 2. The third-order valence-corrected chi connectivity index (χ3v) is 3.87. The maximum absolute atomic E-state index is 11.8. The van der Waals surface area contributed by atoms with Gasteiger partial charge in [0.15, 0.2) is 0 Å². The van der Waals surface area contributed by atoms with Crippen LogP contribution in [-0.2, 0) is 6.54 Å². The number of rotatable bonds is 3. The number of hydrogen-bond donors (Lipinski definition) is 0. The van der Waals surface area contributed by atoms with Crippen molar-refractivity contribution in [2.45, 2.75) is 19.4 Å². The Labute approximate surface area is 112 Å². The number of nitrogens with zero attached hydrogens (tertiary/aromatic N) is 2. The van der Waals surface area contributed by atoms with Crippen LogP contribution in [0, 0.1) is 0 Å². The lowest BCUT2D eigenvalue weighted by Crippen LogP contribution is -2.29. The number of aromatic nitrogens is 1. The molecule has 1 aromatic rings. The minimum atomic E-state index is 0.0439. The minimum absolute atomic E-state index is 0.0439. The molecule has 1 aromatic heterocycles. The van der Waals surface area contributed by atoms with Gasteiger partial charge in [-0.15, -0.1) is 0 Å². The number of halogens is 2. The molecule has 0 radical (unpaired) electrons. The Morgan fingerprint density at radius 1 is 1.19 bits per heavy atom. The quantitative estimate of drug-likeness (QED) is 0.837. The first-order chi connectivity index (χ1) is 7.66. The van der Waals surface area contributed by atoms with E-state index in [2.05, 4.69) is 36.8 Å². The fourth-order valence-electron chi connectivity index (χ4n) is 1.99. The van der Waals surface area contributed by atoms with E-state index in [4.69, 9.17) is 0 Å². The molecule has 5 heteroatoms. The summed E-state index contributed by atoms with van der Waals surface area (Å²) < 4.78 is 3.30. The molecule has 1 saturated heterocycles. The Bertz CT molecular complexity index is 424. The second kappa shape index (κ2) is 5.47. The second-order valence-electron chi connectivity index (χ2n) is 4.05. The van der Waals surface area contributed by atoms with E-state index in [1.807, 2.05) is 6.20 Å². The molecule has 0 unspecified atom stereocenters. The van der Waals surface area contributed by atoms with E-state index in [0.29, 0.717) is 4.47 Å².